The van der Waals surface area contributed by atoms with Crippen molar-refractivity contribution >= 4 is 7.60 Å². The van der Waals surface area contributed by atoms with Crippen LogP contribution >= 0.6 is 7.60 Å². The highest BCUT2D eigenvalue weighted by Gasteiger charge is 2.24. The zero-order valence-electron chi connectivity index (χ0n) is 20.0. The Hall–Kier alpha value is 0.150. The molecule has 0 aromatic carbocycles. The Morgan fingerprint density at radius 2 is 0.964 bits per heavy atom. The summed E-state index contributed by atoms with van der Waals surface area (Å²) >= 11 is 0. The fourth-order valence-corrected chi connectivity index (χ4v) is 5.70. The van der Waals surface area contributed by atoms with Crippen molar-refractivity contribution in [2.75, 3.05) is 19.4 Å². The predicted molar refractivity (Wildman–Crippen MR) is 124 cm³/mol. The lowest BCUT2D eigenvalue weighted by Gasteiger charge is -2.20. The molecule has 0 aliphatic carbocycles. The Morgan fingerprint density at radius 1 is 0.607 bits per heavy atom. The summed E-state index contributed by atoms with van der Waals surface area (Å²) in [6, 6.07) is 0. The van der Waals surface area contributed by atoms with Gasteiger partial charge in [-0.25, -0.2) is 0 Å². The van der Waals surface area contributed by atoms with E-state index in [1.165, 1.54) is 38.5 Å². The summed E-state index contributed by atoms with van der Waals surface area (Å²) in [7, 11) is -2.95. The van der Waals surface area contributed by atoms with Gasteiger partial charge in [0.05, 0.1) is 19.4 Å². The van der Waals surface area contributed by atoms with Crippen molar-refractivity contribution in [1.82, 2.24) is 0 Å². The van der Waals surface area contributed by atoms with Gasteiger partial charge in [-0.3, -0.25) is 4.57 Å². The highest BCUT2D eigenvalue weighted by Crippen LogP contribution is 2.49. The first-order valence-electron chi connectivity index (χ1n) is 12.2. The molecule has 0 fully saturated rings. The minimum atomic E-state index is -2.95. The average Bonchev–Trinajstić information content (AvgIpc) is 2.63. The molecule has 28 heavy (non-hydrogen) atoms. The predicted octanol–water partition coefficient (Wildman–Crippen LogP) is 8.86. The van der Waals surface area contributed by atoms with Crippen LogP contribution in [0, 0.1) is 17.8 Å². The third-order valence-electron chi connectivity index (χ3n) is 5.73. The van der Waals surface area contributed by atoms with Crippen molar-refractivity contribution in [1.29, 1.82) is 0 Å². The van der Waals surface area contributed by atoms with Crippen LogP contribution in [0.5, 0.6) is 0 Å². The Bertz CT molecular complexity index is 362. The second kappa shape index (κ2) is 18.0. The lowest BCUT2D eigenvalue weighted by molar-refractivity contribution is 0.192. The van der Waals surface area contributed by atoms with Gasteiger partial charge in [-0.1, -0.05) is 86.5 Å². The second-order valence-corrected chi connectivity index (χ2v) is 11.3. The van der Waals surface area contributed by atoms with Gasteiger partial charge in [-0.2, -0.15) is 0 Å². The van der Waals surface area contributed by atoms with E-state index in [0.717, 1.165) is 50.4 Å². The van der Waals surface area contributed by atoms with Gasteiger partial charge in [0.15, 0.2) is 0 Å². The molecular weight excluding hydrogens is 367 g/mol. The molecular formula is C24H51O3P. The largest absolute Gasteiger partial charge is 0.330 e. The summed E-state index contributed by atoms with van der Waals surface area (Å²) in [4.78, 5) is 0. The molecule has 3 unspecified atom stereocenters. The summed E-state index contributed by atoms with van der Waals surface area (Å²) in [5.41, 5.74) is 0. The van der Waals surface area contributed by atoms with Crippen molar-refractivity contribution < 1.29 is 13.6 Å². The van der Waals surface area contributed by atoms with Gasteiger partial charge in [0.1, 0.15) is 0 Å². The Balaban J connectivity index is 4.36. The van der Waals surface area contributed by atoms with Crippen LogP contribution in [0.4, 0.5) is 0 Å². The van der Waals surface area contributed by atoms with Gasteiger partial charge in [0.25, 0.3) is 0 Å². The standard InChI is InChI=1S/C24H51O3P/c1-7-13-22(4)16-10-19-26-28(25,21-12-18-24(6)15-9-3)27-20-11-17-23(5)14-8-2/h22-24H,7-21H2,1-6H3. The molecule has 0 aliphatic rings. The Morgan fingerprint density at radius 3 is 1.32 bits per heavy atom. The van der Waals surface area contributed by atoms with Crippen LogP contribution in [0.2, 0.25) is 0 Å². The maximum atomic E-state index is 13.2. The van der Waals surface area contributed by atoms with Crippen LogP contribution in [-0.2, 0) is 13.6 Å². The van der Waals surface area contributed by atoms with Crippen molar-refractivity contribution in [3.05, 3.63) is 0 Å². The van der Waals surface area contributed by atoms with Gasteiger partial charge < -0.3 is 9.05 Å². The van der Waals surface area contributed by atoms with Crippen molar-refractivity contribution in [2.24, 2.45) is 17.8 Å². The minimum Gasteiger partial charge on any atom is -0.309 e. The van der Waals surface area contributed by atoms with E-state index < -0.39 is 7.60 Å². The maximum absolute atomic E-state index is 13.2. The monoisotopic (exact) mass is 418 g/mol. The van der Waals surface area contributed by atoms with Gasteiger partial charge in [-0.15, -0.1) is 0 Å². The van der Waals surface area contributed by atoms with Crippen molar-refractivity contribution in [3.63, 3.8) is 0 Å². The van der Waals surface area contributed by atoms with E-state index in [0.29, 0.717) is 25.3 Å². The normalized spacial score (nSPS) is 17.2. The molecule has 0 rings (SSSR count). The molecule has 0 saturated carbocycles. The molecule has 0 radical (unpaired) electrons. The highest BCUT2D eigenvalue weighted by molar-refractivity contribution is 7.53. The summed E-state index contributed by atoms with van der Waals surface area (Å²) in [5, 5.41) is 0. The van der Waals surface area contributed by atoms with E-state index >= 15 is 0 Å². The van der Waals surface area contributed by atoms with Gasteiger partial charge in [0, 0.05) is 0 Å². The average molecular weight is 419 g/mol. The van der Waals surface area contributed by atoms with E-state index in [2.05, 4.69) is 41.5 Å². The third-order valence-corrected chi connectivity index (χ3v) is 7.75. The molecule has 0 bridgehead atoms. The summed E-state index contributed by atoms with van der Waals surface area (Å²) in [5.74, 6) is 2.15. The third kappa shape index (κ3) is 16.0. The first-order chi connectivity index (χ1) is 13.4. The maximum Gasteiger partial charge on any atom is 0.330 e. The van der Waals surface area contributed by atoms with E-state index in [4.69, 9.17) is 9.05 Å². The lowest BCUT2D eigenvalue weighted by Crippen LogP contribution is -2.06. The van der Waals surface area contributed by atoms with E-state index in [1.807, 2.05) is 0 Å². The van der Waals surface area contributed by atoms with E-state index in [-0.39, 0.29) is 0 Å². The quantitative estimate of drug-likeness (QED) is 0.146. The van der Waals surface area contributed by atoms with Crippen LogP contribution in [-0.4, -0.2) is 19.4 Å². The number of hydrogen-bond acceptors (Lipinski definition) is 3. The molecule has 0 aliphatic heterocycles. The molecule has 170 valence electrons. The zero-order chi connectivity index (χ0) is 21.3. The Kier molecular flexibility index (Phi) is 18.1. The molecule has 3 nitrogen and oxygen atoms in total. The van der Waals surface area contributed by atoms with Gasteiger partial charge in [0.2, 0.25) is 0 Å². The Labute approximate surface area is 177 Å². The van der Waals surface area contributed by atoms with Gasteiger partial charge in [-0.05, 0) is 49.9 Å². The van der Waals surface area contributed by atoms with Crippen molar-refractivity contribution in [2.45, 2.75) is 119 Å². The molecule has 0 N–H and O–H groups in total. The first kappa shape index (κ1) is 28.1. The second-order valence-electron chi connectivity index (χ2n) is 9.11. The van der Waals surface area contributed by atoms with E-state index in [9.17, 15) is 4.57 Å². The topological polar surface area (TPSA) is 35.5 Å². The highest BCUT2D eigenvalue weighted by atomic mass is 31.2. The van der Waals surface area contributed by atoms with Crippen molar-refractivity contribution in [3.8, 4) is 0 Å². The molecule has 3 atom stereocenters. The van der Waals surface area contributed by atoms with Crippen LogP contribution in [0.15, 0.2) is 0 Å². The zero-order valence-corrected chi connectivity index (χ0v) is 20.9. The fraction of sp³-hybridized carbons (Fsp3) is 1.00. The molecule has 0 aromatic heterocycles. The fourth-order valence-electron chi connectivity index (χ4n) is 3.98. The van der Waals surface area contributed by atoms with Crippen LogP contribution < -0.4 is 0 Å². The van der Waals surface area contributed by atoms with Crippen LogP contribution in [0.1, 0.15) is 119 Å². The number of rotatable bonds is 20. The summed E-state index contributed by atoms with van der Waals surface area (Å²) in [6.45, 7) is 14.7. The molecule has 0 saturated heterocycles. The van der Waals surface area contributed by atoms with Gasteiger partial charge >= 0.3 is 7.60 Å². The minimum absolute atomic E-state index is 0.572. The number of hydrogen-bond donors (Lipinski definition) is 0. The molecule has 0 heterocycles. The molecule has 4 heteroatoms. The van der Waals surface area contributed by atoms with Crippen LogP contribution in [0.3, 0.4) is 0 Å². The van der Waals surface area contributed by atoms with E-state index in [1.54, 1.807) is 0 Å². The lowest BCUT2D eigenvalue weighted by atomic mass is 10.0. The van der Waals surface area contributed by atoms with Crippen LogP contribution in [0.25, 0.3) is 0 Å². The summed E-state index contributed by atoms with van der Waals surface area (Å²) < 4.78 is 25.0. The molecule has 0 aromatic rings. The first-order valence-corrected chi connectivity index (χ1v) is 14.0. The molecule has 0 amide bonds. The smallest absolute Gasteiger partial charge is 0.309 e. The molecule has 0 spiro atoms. The SMILES string of the molecule is CCCC(C)CCCOP(=O)(CCCC(C)CCC)OCCCC(C)CCC. The summed E-state index contributed by atoms with van der Waals surface area (Å²) in [6.07, 6.45) is 14.4.